The molecule has 0 saturated heterocycles. The lowest BCUT2D eigenvalue weighted by molar-refractivity contribution is 1.08. The van der Waals surface area contributed by atoms with Crippen LogP contribution in [0, 0.1) is 27.7 Å². The number of nitrogens with zero attached hydrogens (tertiary/aromatic N) is 6. The minimum Gasteiger partial charge on any atom is -0.309 e. The van der Waals surface area contributed by atoms with Crippen molar-refractivity contribution in [1.29, 1.82) is 0 Å². The van der Waals surface area contributed by atoms with E-state index in [9.17, 15) is 0 Å². The summed E-state index contributed by atoms with van der Waals surface area (Å²) in [4.78, 5) is 15.1. The molecule has 6 nitrogen and oxygen atoms in total. The lowest BCUT2D eigenvalue weighted by atomic mass is 10.0. The van der Waals surface area contributed by atoms with Crippen LogP contribution < -0.4 is 0 Å². The molecular formula is C55H40N6. The van der Waals surface area contributed by atoms with Gasteiger partial charge in [-0.2, -0.15) is 0 Å². The molecule has 6 aromatic carbocycles. The Labute approximate surface area is 352 Å². The quantitative estimate of drug-likeness (QED) is 0.175. The van der Waals surface area contributed by atoms with Crippen molar-refractivity contribution in [3.05, 3.63) is 193 Å². The van der Waals surface area contributed by atoms with E-state index in [2.05, 4.69) is 175 Å². The van der Waals surface area contributed by atoms with Crippen LogP contribution in [0.5, 0.6) is 0 Å². The Hall–Kier alpha value is -7.83. The number of benzene rings is 6. The maximum Gasteiger partial charge on any atom is 0.137 e. The predicted octanol–water partition coefficient (Wildman–Crippen LogP) is 13.7. The van der Waals surface area contributed by atoms with Crippen molar-refractivity contribution in [3.8, 4) is 39.7 Å². The van der Waals surface area contributed by atoms with Crippen LogP contribution in [0.25, 0.3) is 105 Å². The van der Waals surface area contributed by atoms with E-state index in [1.807, 2.05) is 36.8 Å². The fourth-order valence-electron chi connectivity index (χ4n) is 9.71. The van der Waals surface area contributed by atoms with Gasteiger partial charge in [0.2, 0.25) is 0 Å². The second kappa shape index (κ2) is 13.3. The predicted molar refractivity (Wildman–Crippen MR) is 253 cm³/mol. The van der Waals surface area contributed by atoms with E-state index in [-0.39, 0.29) is 0 Å². The van der Waals surface area contributed by atoms with Crippen LogP contribution in [0.15, 0.2) is 170 Å². The van der Waals surface area contributed by atoms with E-state index in [0.717, 1.165) is 83.6 Å². The summed E-state index contributed by atoms with van der Waals surface area (Å²) in [6, 6.07) is 55.1. The van der Waals surface area contributed by atoms with Crippen LogP contribution in [-0.4, -0.2) is 28.7 Å². The molecular weight excluding hydrogens is 745 g/mol. The maximum atomic E-state index is 5.04. The third-order valence-electron chi connectivity index (χ3n) is 12.4. The van der Waals surface area contributed by atoms with Gasteiger partial charge in [-0.25, -0.2) is 4.98 Å². The Morgan fingerprint density at radius 2 is 0.705 bits per heavy atom. The number of pyridine rings is 3. The molecule has 6 heterocycles. The van der Waals surface area contributed by atoms with Crippen molar-refractivity contribution in [2.24, 2.45) is 0 Å². The number of hydrogen-bond donors (Lipinski definition) is 0. The second-order valence-corrected chi connectivity index (χ2v) is 16.5. The third kappa shape index (κ3) is 5.38. The summed E-state index contributed by atoms with van der Waals surface area (Å²) in [5.41, 5.74) is 17.6. The highest BCUT2D eigenvalue weighted by molar-refractivity contribution is 6.19. The van der Waals surface area contributed by atoms with E-state index in [1.54, 1.807) is 0 Å². The van der Waals surface area contributed by atoms with Gasteiger partial charge >= 0.3 is 0 Å². The largest absolute Gasteiger partial charge is 0.309 e. The lowest BCUT2D eigenvalue weighted by Crippen LogP contribution is -2.02. The van der Waals surface area contributed by atoms with E-state index < -0.39 is 0 Å². The van der Waals surface area contributed by atoms with E-state index in [1.165, 1.54) is 43.8 Å². The standard InChI is InChI=1S/C55H40N6/c1-33-14-18-49-39(25-33)40-26-34(2)15-19-50(40)59(49)37-29-43-44-30-38(60-51-20-16-35(3)27-41(51)42-28-36(4)17-21-52(42)60)32-46(48-12-6-9-23-57-48)55(44)61(53-13-7-10-24-58-53)54(43)45(31-37)47-11-5-8-22-56-47/h5-32H,1-4H3. The average Bonchev–Trinajstić information content (AvgIpc) is 3.91. The molecule has 0 aliphatic carbocycles. The Kier molecular flexibility index (Phi) is 7.69. The highest BCUT2D eigenvalue weighted by atomic mass is 15.1. The zero-order valence-corrected chi connectivity index (χ0v) is 34.3. The Morgan fingerprint density at radius 3 is 1.05 bits per heavy atom. The minimum absolute atomic E-state index is 0.822. The second-order valence-electron chi connectivity index (χ2n) is 16.5. The fraction of sp³-hybridized carbons (Fsp3) is 0.0727. The molecule has 0 radical (unpaired) electrons. The van der Waals surface area contributed by atoms with Crippen molar-refractivity contribution in [1.82, 2.24) is 28.7 Å². The van der Waals surface area contributed by atoms with Gasteiger partial charge in [0.1, 0.15) is 5.82 Å². The van der Waals surface area contributed by atoms with Crippen molar-refractivity contribution in [3.63, 3.8) is 0 Å². The van der Waals surface area contributed by atoms with Crippen molar-refractivity contribution in [2.45, 2.75) is 27.7 Å². The van der Waals surface area contributed by atoms with Gasteiger partial charge in [-0.1, -0.05) is 64.7 Å². The first-order valence-electron chi connectivity index (χ1n) is 20.8. The molecule has 12 rings (SSSR count). The van der Waals surface area contributed by atoms with Crippen LogP contribution in [-0.2, 0) is 0 Å². The summed E-state index contributed by atoms with van der Waals surface area (Å²) in [5.74, 6) is 0.822. The van der Waals surface area contributed by atoms with E-state index in [0.29, 0.717) is 0 Å². The summed E-state index contributed by atoms with van der Waals surface area (Å²) >= 11 is 0. The van der Waals surface area contributed by atoms with E-state index >= 15 is 0 Å². The van der Waals surface area contributed by atoms with Crippen LogP contribution in [0.4, 0.5) is 0 Å². The number of rotatable bonds is 5. The molecule has 0 N–H and O–H groups in total. The topological polar surface area (TPSA) is 53.5 Å². The van der Waals surface area contributed by atoms with Gasteiger partial charge in [-0.05, 0) is 137 Å². The van der Waals surface area contributed by atoms with Gasteiger partial charge in [0.25, 0.3) is 0 Å². The highest BCUT2D eigenvalue weighted by Gasteiger charge is 2.26. The van der Waals surface area contributed by atoms with E-state index in [4.69, 9.17) is 15.0 Å². The summed E-state index contributed by atoms with van der Waals surface area (Å²) < 4.78 is 7.20. The molecule has 6 heteroatoms. The van der Waals surface area contributed by atoms with Crippen molar-refractivity contribution < 1.29 is 0 Å². The van der Waals surface area contributed by atoms with Gasteiger partial charge < -0.3 is 9.13 Å². The monoisotopic (exact) mass is 784 g/mol. The fourth-order valence-corrected chi connectivity index (χ4v) is 9.71. The summed E-state index contributed by atoms with van der Waals surface area (Å²) in [5, 5.41) is 7.16. The number of fused-ring (bicyclic) bond motifs is 9. The zero-order valence-electron chi connectivity index (χ0n) is 34.3. The smallest absolute Gasteiger partial charge is 0.137 e. The minimum atomic E-state index is 0.822. The van der Waals surface area contributed by atoms with Gasteiger partial charge in [0.05, 0.1) is 44.5 Å². The zero-order chi connectivity index (χ0) is 40.9. The molecule has 0 aliphatic rings. The summed E-state index contributed by atoms with van der Waals surface area (Å²) in [6.45, 7) is 8.69. The molecule has 61 heavy (non-hydrogen) atoms. The molecule has 0 amide bonds. The van der Waals surface area contributed by atoms with Crippen molar-refractivity contribution in [2.75, 3.05) is 0 Å². The first kappa shape index (κ1) is 35.1. The Balaban J connectivity index is 1.30. The molecule has 0 aliphatic heterocycles. The molecule has 0 atom stereocenters. The van der Waals surface area contributed by atoms with Gasteiger partial charge in [-0.15, -0.1) is 0 Å². The number of hydrogen-bond acceptors (Lipinski definition) is 3. The SMILES string of the molecule is Cc1ccc2c(c1)c1cc(C)ccc1n2-c1cc(-c2ccccn2)c2c(c1)c1cc(-n3c4ccc(C)cc4c4cc(C)ccc43)cc(-c3ccccn3)c1n2-c1ccccn1. The van der Waals surface area contributed by atoms with Gasteiger partial charge in [-0.3, -0.25) is 14.5 Å². The molecule has 0 saturated carbocycles. The molecule has 0 spiro atoms. The lowest BCUT2D eigenvalue weighted by Gasteiger charge is -2.15. The molecule has 0 fully saturated rings. The molecule has 0 bridgehead atoms. The Morgan fingerprint density at radius 1 is 0.328 bits per heavy atom. The van der Waals surface area contributed by atoms with Crippen molar-refractivity contribution >= 4 is 65.4 Å². The molecule has 0 unspecified atom stereocenters. The molecule has 12 aromatic rings. The van der Waals surface area contributed by atoms with Crippen LogP contribution >= 0.6 is 0 Å². The Bertz CT molecular complexity index is 3380. The summed E-state index contributed by atoms with van der Waals surface area (Å²) in [6.07, 6.45) is 5.65. The maximum absolute atomic E-state index is 5.04. The first-order chi connectivity index (χ1) is 29.9. The summed E-state index contributed by atoms with van der Waals surface area (Å²) in [7, 11) is 0. The van der Waals surface area contributed by atoms with Gasteiger partial charge in [0, 0.05) is 73.4 Å². The number of aryl methyl sites for hydroxylation is 4. The number of aromatic nitrogens is 6. The average molecular weight is 785 g/mol. The van der Waals surface area contributed by atoms with Gasteiger partial charge in [0.15, 0.2) is 0 Å². The normalized spacial score (nSPS) is 11.9. The van der Waals surface area contributed by atoms with Crippen LogP contribution in [0.3, 0.4) is 0 Å². The van der Waals surface area contributed by atoms with Crippen LogP contribution in [0.2, 0.25) is 0 Å². The molecule has 6 aromatic heterocycles. The van der Waals surface area contributed by atoms with Crippen LogP contribution in [0.1, 0.15) is 22.3 Å². The third-order valence-corrected chi connectivity index (χ3v) is 12.4. The molecule has 290 valence electrons. The first-order valence-corrected chi connectivity index (χ1v) is 20.8. The highest BCUT2D eigenvalue weighted by Crippen LogP contribution is 2.46.